The van der Waals surface area contributed by atoms with Crippen LogP contribution in [-0.2, 0) is 20.7 Å². The number of allylic oxidation sites excluding steroid dienone is 2. The summed E-state index contributed by atoms with van der Waals surface area (Å²) in [6.07, 6.45) is -2.60. The lowest BCUT2D eigenvalue weighted by atomic mass is 9.82. The highest BCUT2D eigenvalue weighted by atomic mass is 19.4. The number of esters is 1. The van der Waals surface area contributed by atoms with Crippen LogP contribution in [0.15, 0.2) is 95.2 Å². The first-order valence-corrected chi connectivity index (χ1v) is 13.4. The number of hydrogen-bond acceptors (Lipinski definition) is 5. The van der Waals surface area contributed by atoms with Crippen molar-refractivity contribution in [2.24, 2.45) is 0 Å². The van der Waals surface area contributed by atoms with Crippen LogP contribution in [-0.4, -0.2) is 53.4 Å². The number of ether oxygens (including phenoxy) is 2. The lowest BCUT2D eigenvalue weighted by molar-refractivity contribution is -0.237. The highest BCUT2D eigenvalue weighted by molar-refractivity contribution is 5.85. The molecule has 0 spiro atoms. The summed E-state index contributed by atoms with van der Waals surface area (Å²) in [5.41, 5.74) is -0.442. The number of carbonyl (C=O) groups excluding carboxylic acids is 2. The number of aliphatic hydroxyl groups is 1. The van der Waals surface area contributed by atoms with E-state index in [2.05, 4.69) is 4.74 Å². The topological polar surface area (TPSA) is 76.1 Å². The maximum Gasteiger partial charge on any atom is 0.429 e. The van der Waals surface area contributed by atoms with E-state index in [0.29, 0.717) is 23.4 Å². The lowest BCUT2D eigenvalue weighted by Crippen LogP contribution is -2.50. The van der Waals surface area contributed by atoms with E-state index >= 15 is 0 Å². The van der Waals surface area contributed by atoms with E-state index in [0.717, 1.165) is 17.2 Å². The van der Waals surface area contributed by atoms with Gasteiger partial charge in [-0.1, -0.05) is 54.3 Å². The summed E-state index contributed by atoms with van der Waals surface area (Å²) in [5, 5.41) is 10.2. The maximum atomic E-state index is 13.9. The van der Waals surface area contributed by atoms with E-state index in [1.165, 1.54) is 12.0 Å². The van der Waals surface area contributed by atoms with E-state index in [1.807, 2.05) is 23.9 Å². The molecule has 3 atom stereocenters. The number of methoxy groups -OCH3 is 1. The molecule has 10 heteroatoms. The summed E-state index contributed by atoms with van der Waals surface area (Å²) < 4.78 is 65.6. The number of likely N-dealkylation sites (tertiary alicyclic amines) is 1. The molecule has 4 rings (SSSR count). The molecule has 0 radical (unpaired) electrons. The Kier molecular flexibility index (Phi) is 9.09. The quantitative estimate of drug-likeness (QED) is 0.242. The summed E-state index contributed by atoms with van der Waals surface area (Å²) in [6, 6.07) is 15.9. The summed E-state index contributed by atoms with van der Waals surface area (Å²) in [7, 11) is 1.30. The largest absolute Gasteiger partial charge is 0.489 e. The molecule has 1 aliphatic heterocycles. The van der Waals surface area contributed by atoms with E-state index in [9.17, 15) is 32.3 Å². The van der Waals surface area contributed by atoms with Gasteiger partial charge in [-0.15, -0.1) is 0 Å². The Morgan fingerprint density at radius 3 is 2.40 bits per heavy atom. The van der Waals surface area contributed by atoms with Gasteiger partial charge in [0.2, 0.25) is 5.91 Å². The molecule has 6 nitrogen and oxygen atoms in total. The van der Waals surface area contributed by atoms with Crippen LogP contribution in [0.1, 0.15) is 43.7 Å². The molecular formula is C32H31F4NO5. The zero-order valence-electron chi connectivity index (χ0n) is 23.4. The third kappa shape index (κ3) is 6.20. The van der Waals surface area contributed by atoms with Crippen LogP contribution in [0, 0.1) is 0 Å². The number of benzene rings is 2. The van der Waals surface area contributed by atoms with Gasteiger partial charge in [-0.05, 0) is 61.6 Å². The molecule has 42 heavy (non-hydrogen) atoms. The van der Waals surface area contributed by atoms with Gasteiger partial charge in [0.1, 0.15) is 11.9 Å². The fourth-order valence-corrected chi connectivity index (χ4v) is 4.99. The lowest BCUT2D eigenvalue weighted by Gasteiger charge is -2.34. The van der Waals surface area contributed by atoms with E-state index < -0.39 is 35.2 Å². The van der Waals surface area contributed by atoms with Gasteiger partial charge in [0.25, 0.3) is 5.60 Å². The molecule has 0 aromatic heterocycles. The fourth-order valence-electron chi connectivity index (χ4n) is 4.99. The average Bonchev–Trinajstić information content (AvgIpc) is 3.15. The molecule has 1 fully saturated rings. The molecule has 222 valence electrons. The van der Waals surface area contributed by atoms with Gasteiger partial charge < -0.3 is 19.5 Å². The van der Waals surface area contributed by atoms with Crippen molar-refractivity contribution < 1.29 is 41.7 Å². The molecule has 0 bridgehead atoms. The second-order valence-electron chi connectivity index (χ2n) is 10.2. The summed E-state index contributed by atoms with van der Waals surface area (Å²) >= 11 is 0. The number of nitrogens with zero attached hydrogens (tertiary/aromatic N) is 1. The van der Waals surface area contributed by atoms with Gasteiger partial charge in [0.15, 0.2) is 5.83 Å². The predicted molar refractivity (Wildman–Crippen MR) is 147 cm³/mol. The molecule has 0 saturated carbocycles. The smallest absolute Gasteiger partial charge is 0.429 e. The second-order valence-corrected chi connectivity index (χ2v) is 10.2. The zero-order valence-corrected chi connectivity index (χ0v) is 23.4. The van der Waals surface area contributed by atoms with Crippen LogP contribution >= 0.6 is 0 Å². The van der Waals surface area contributed by atoms with Crippen molar-refractivity contribution in [3.63, 3.8) is 0 Å². The summed E-state index contributed by atoms with van der Waals surface area (Å²) in [6.45, 7) is 3.48. The normalized spacial score (nSPS) is 23.4. The Bertz CT molecular complexity index is 1460. The molecule has 2 aromatic rings. The van der Waals surface area contributed by atoms with Crippen LogP contribution in [0.5, 0.6) is 5.75 Å². The van der Waals surface area contributed by atoms with E-state index in [1.54, 1.807) is 56.3 Å². The highest BCUT2D eigenvalue weighted by Gasteiger charge is 2.63. The van der Waals surface area contributed by atoms with Gasteiger partial charge in [0, 0.05) is 11.3 Å². The molecule has 1 aliphatic carbocycles. The van der Waals surface area contributed by atoms with Gasteiger partial charge in [-0.2, -0.15) is 17.6 Å². The van der Waals surface area contributed by atoms with Gasteiger partial charge in [0.05, 0.1) is 26.0 Å². The number of carbonyl (C=O) groups is 2. The standard InChI is InChI=1S/C32H31F4NO5/c1-4-27-23(17-24-18-28(33)31(24,40)32(34,35)36)12-15-26(42-25-13-10-21(11-14-25)16-29(38)41-3)19-37(27)30(39)20(2)22-8-6-5-7-9-22/h4-11,13-14,17,20,26,40H,12,15-16,19H2,1-3H3/b23-17-,27-4+/t20-,26-,31?/m0/s1. The van der Waals surface area contributed by atoms with Crippen LogP contribution in [0.3, 0.4) is 0 Å². The van der Waals surface area contributed by atoms with E-state index in [4.69, 9.17) is 4.74 Å². The Morgan fingerprint density at radius 1 is 1.17 bits per heavy atom. The first-order valence-electron chi connectivity index (χ1n) is 13.4. The predicted octanol–water partition coefficient (Wildman–Crippen LogP) is 6.09. The second kappa shape index (κ2) is 12.4. The minimum atomic E-state index is -5.28. The molecule has 1 amide bonds. The first kappa shape index (κ1) is 30.8. The Labute approximate surface area is 241 Å². The van der Waals surface area contributed by atoms with Crippen LogP contribution in [0.4, 0.5) is 17.6 Å². The minimum absolute atomic E-state index is 0.0870. The number of amides is 1. The van der Waals surface area contributed by atoms with Gasteiger partial charge >= 0.3 is 12.1 Å². The minimum Gasteiger partial charge on any atom is -0.489 e. The first-order chi connectivity index (χ1) is 19.9. The fraction of sp³-hybridized carbons (Fsp3) is 0.344. The molecule has 1 saturated heterocycles. The third-order valence-corrected chi connectivity index (χ3v) is 7.43. The summed E-state index contributed by atoms with van der Waals surface area (Å²) in [4.78, 5) is 26.9. The maximum absolute atomic E-state index is 13.9. The van der Waals surface area contributed by atoms with Crippen molar-refractivity contribution in [3.05, 3.63) is 106 Å². The monoisotopic (exact) mass is 585 g/mol. The van der Waals surface area contributed by atoms with Crippen LogP contribution in [0.25, 0.3) is 0 Å². The number of hydrogen-bond donors (Lipinski definition) is 1. The van der Waals surface area contributed by atoms with Crippen molar-refractivity contribution in [2.45, 2.75) is 56.9 Å². The van der Waals surface area contributed by atoms with Gasteiger partial charge in [-0.3, -0.25) is 9.59 Å². The average molecular weight is 586 g/mol. The molecule has 1 unspecified atom stereocenters. The molecular weight excluding hydrogens is 554 g/mol. The Hall–Kier alpha value is -4.14. The van der Waals surface area contributed by atoms with Crippen molar-refractivity contribution in [3.8, 4) is 5.75 Å². The van der Waals surface area contributed by atoms with Crippen molar-refractivity contribution in [2.75, 3.05) is 13.7 Å². The molecule has 1 heterocycles. The van der Waals surface area contributed by atoms with Crippen molar-refractivity contribution in [1.82, 2.24) is 4.90 Å². The zero-order chi connectivity index (χ0) is 30.7. The van der Waals surface area contributed by atoms with Crippen LogP contribution < -0.4 is 4.74 Å². The van der Waals surface area contributed by atoms with E-state index in [-0.39, 0.29) is 31.3 Å². The Morgan fingerprint density at radius 2 is 1.83 bits per heavy atom. The SMILES string of the molecule is C/C=C1\C(=C/C2=C=C(F)C2(O)C(F)(F)F)CC[C@H](Oc2ccc(CC(=O)OC)cc2)CN1C(=O)[C@@H](C)c1ccccc1. The third-order valence-electron chi connectivity index (χ3n) is 7.43. The van der Waals surface area contributed by atoms with Crippen molar-refractivity contribution in [1.29, 1.82) is 0 Å². The van der Waals surface area contributed by atoms with Gasteiger partial charge in [-0.25, -0.2) is 0 Å². The van der Waals surface area contributed by atoms with Crippen molar-refractivity contribution >= 4 is 11.9 Å². The molecule has 1 N–H and O–H groups in total. The molecule has 2 aliphatic rings. The number of alkyl halides is 3. The number of halogens is 4. The van der Waals surface area contributed by atoms with Crippen LogP contribution in [0.2, 0.25) is 0 Å². The Balaban J connectivity index is 1.67. The number of rotatable bonds is 7. The highest BCUT2D eigenvalue weighted by Crippen LogP contribution is 2.48. The summed E-state index contributed by atoms with van der Waals surface area (Å²) in [5.74, 6) is -2.61. The molecule has 2 aromatic carbocycles.